The average Bonchev–Trinajstić information content (AvgIpc) is 2.66. The molecule has 150 valence electrons. The van der Waals surface area contributed by atoms with Crippen LogP contribution in [-0.2, 0) is 14.3 Å². The molecule has 0 fully saturated rings. The van der Waals surface area contributed by atoms with E-state index in [0.717, 1.165) is 25.7 Å². The van der Waals surface area contributed by atoms with Crippen molar-refractivity contribution >= 4 is 17.3 Å². The quantitative estimate of drug-likeness (QED) is 0.460. The number of benzene rings is 1. The summed E-state index contributed by atoms with van der Waals surface area (Å²) in [5.41, 5.74) is 0.571. The number of carbonyl (C=O) groups is 2. The molecule has 6 nitrogen and oxygen atoms in total. The van der Waals surface area contributed by atoms with Crippen LogP contribution in [0.5, 0.6) is 17.2 Å². The number of aromatic hydroxyl groups is 1. The highest BCUT2D eigenvalue weighted by atomic mass is 16.5. The number of allylic oxidation sites excluding steroid dienone is 1. The molecule has 0 bridgehead atoms. The van der Waals surface area contributed by atoms with E-state index in [4.69, 9.17) is 14.2 Å². The summed E-state index contributed by atoms with van der Waals surface area (Å²) in [5, 5.41) is 10.0. The fourth-order valence-corrected chi connectivity index (χ4v) is 2.69. The van der Waals surface area contributed by atoms with Crippen molar-refractivity contribution in [3.63, 3.8) is 0 Å². The molecule has 0 heterocycles. The second kappa shape index (κ2) is 11.3. The van der Waals surface area contributed by atoms with E-state index in [1.165, 1.54) is 39.4 Å². The zero-order chi connectivity index (χ0) is 20.4. The number of ketones is 1. The average molecular weight is 378 g/mol. The van der Waals surface area contributed by atoms with Gasteiger partial charge in [0.15, 0.2) is 17.3 Å². The van der Waals surface area contributed by atoms with Gasteiger partial charge < -0.3 is 19.3 Å². The molecule has 1 atom stereocenters. The Kier molecular flexibility index (Phi) is 9.40. The number of ether oxygens (including phenoxy) is 3. The van der Waals surface area contributed by atoms with Crippen molar-refractivity contribution in [2.45, 2.75) is 46.5 Å². The second-order valence-electron chi connectivity index (χ2n) is 6.39. The van der Waals surface area contributed by atoms with Gasteiger partial charge in [-0.25, -0.2) is 4.79 Å². The van der Waals surface area contributed by atoms with Crippen LogP contribution in [0.4, 0.5) is 0 Å². The molecule has 0 aliphatic heterocycles. The van der Waals surface area contributed by atoms with Gasteiger partial charge in [-0.15, -0.1) is 0 Å². The highest BCUT2D eigenvalue weighted by Crippen LogP contribution is 2.39. The summed E-state index contributed by atoms with van der Waals surface area (Å²) in [5.74, 6) is -0.431. The highest BCUT2D eigenvalue weighted by molar-refractivity contribution is 6.23. The van der Waals surface area contributed by atoms with E-state index in [-0.39, 0.29) is 28.6 Å². The Balaban J connectivity index is 3.04. The molecule has 1 unspecified atom stereocenters. The number of unbranched alkanes of at least 4 members (excludes halogenated alkanes) is 1. The van der Waals surface area contributed by atoms with Crippen LogP contribution in [0.1, 0.15) is 52.0 Å². The van der Waals surface area contributed by atoms with Crippen LogP contribution >= 0.6 is 0 Å². The van der Waals surface area contributed by atoms with Crippen LogP contribution in [0.25, 0.3) is 5.57 Å². The molecule has 0 aromatic heterocycles. The lowest BCUT2D eigenvalue weighted by Crippen LogP contribution is -2.13. The van der Waals surface area contributed by atoms with Crippen LogP contribution < -0.4 is 9.47 Å². The van der Waals surface area contributed by atoms with Crippen LogP contribution in [-0.4, -0.2) is 37.7 Å². The molecule has 0 aliphatic rings. The summed E-state index contributed by atoms with van der Waals surface area (Å²) in [7, 11) is 2.79. The normalized spacial score (nSPS) is 12.4. The van der Waals surface area contributed by atoms with E-state index in [2.05, 4.69) is 13.8 Å². The maximum atomic E-state index is 12.2. The van der Waals surface area contributed by atoms with Gasteiger partial charge in [0.25, 0.3) is 0 Å². The molecule has 1 aromatic carbocycles. The predicted octanol–water partition coefficient (Wildman–Crippen LogP) is 4.14. The maximum Gasteiger partial charge on any atom is 0.331 e. The van der Waals surface area contributed by atoms with Crippen molar-refractivity contribution < 1.29 is 28.9 Å². The fraction of sp³-hybridized carbons (Fsp3) is 0.524. The van der Waals surface area contributed by atoms with Gasteiger partial charge in [0, 0.05) is 11.6 Å². The summed E-state index contributed by atoms with van der Waals surface area (Å²) >= 11 is 0. The van der Waals surface area contributed by atoms with Crippen LogP contribution in [0.2, 0.25) is 0 Å². The van der Waals surface area contributed by atoms with E-state index < -0.39 is 5.97 Å². The summed E-state index contributed by atoms with van der Waals surface area (Å²) in [6.07, 6.45) is 5.32. The fourth-order valence-electron chi connectivity index (χ4n) is 2.69. The zero-order valence-electron chi connectivity index (χ0n) is 16.8. The largest absolute Gasteiger partial charge is 0.502 e. The lowest BCUT2D eigenvalue weighted by Gasteiger charge is -2.14. The zero-order valence-corrected chi connectivity index (χ0v) is 16.8. The molecular weight excluding hydrogens is 348 g/mol. The minimum atomic E-state index is -0.568. The van der Waals surface area contributed by atoms with Gasteiger partial charge in [0.2, 0.25) is 5.75 Å². The van der Waals surface area contributed by atoms with Gasteiger partial charge in [-0.1, -0.05) is 33.1 Å². The van der Waals surface area contributed by atoms with Crippen molar-refractivity contribution in [3.8, 4) is 17.2 Å². The van der Waals surface area contributed by atoms with E-state index >= 15 is 0 Å². The summed E-state index contributed by atoms with van der Waals surface area (Å²) < 4.78 is 15.6. The van der Waals surface area contributed by atoms with Gasteiger partial charge in [0.05, 0.1) is 20.8 Å². The number of methoxy groups -OCH3 is 2. The minimum absolute atomic E-state index is 0.149. The third kappa shape index (κ3) is 6.62. The van der Waals surface area contributed by atoms with Crippen molar-refractivity contribution in [2.75, 3.05) is 20.8 Å². The Morgan fingerprint density at radius 2 is 1.74 bits per heavy atom. The SMILES string of the molecule is CCCCC(CC)COC(=O)C=C(C(C)=O)c1cc(OC)c(O)c(OC)c1. The number of rotatable bonds is 11. The van der Waals surface area contributed by atoms with Crippen molar-refractivity contribution in [3.05, 3.63) is 23.8 Å². The number of carbonyl (C=O) groups excluding carboxylic acids is 2. The summed E-state index contributed by atoms with van der Waals surface area (Å²) in [6, 6.07) is 2.96. The molecule has 1 N–H and O–H groups in total. The first kappa shape index (κ1) is 22.5. The Bertz CT molecular complexity index is 652. The lowest BCUT2D eigenvalue weighted by atomic mass is 10.00. The van der Waals surface area contributed by atoms with E-state index in [1.54, 1.807) is 0 Å². The first-order chi connectivity index (χ1) is 12.9. The highest BCUT2D eigenvalue weighted by Gasteiger charge is 2.18. The number of phenols is 1. The Hall–Kier alpha value is -2.50. The molecule has 0 radical (unpaired) electrons. The molecule has 0 aliphatic carbocycles. The molecule has 0 saturated heterocycles. The first-order valence-corrected chi connectivity index (χ1v) is 9.22. The lowest BCUT2D eigenvalue weighted by molar-refractivity contribution is -0.139. The monoisotopic (exact) mass is 378 g/mol. The van der Waals surface area contributed by atoms with Gasteiger partial charge in [-0.2, -0.15) is 0 Å². The van der Waals surface area contributed by atoms with Gasteiger partial charge in [-0.05, 0) is 37.0 Å². The molecule has 6 heteroatoms. The Labute approximate surface area is 161 Å². The van der Waals surface area contributed by atoms with E-state index in [1.807, 2.05) is 0 Å². The predicted molar refractivity (Wildman–Crippen MR) is 104 cm³/mol. The van der Waals surface area contributed by atoms with Crippen molar-refractivity contribution in [2.24, 2.45) is 5.92 Å². The van der Waals surface area contributed by atoms with Gasteiger partial charge in [-0.3, -0.25) is 4.79 Å². The third-order valence-electron chi connectivity index (χ3n) is 4.44. The molecule has 1 rings (SSSR count). The molecule has 0 saturated carbocycles. The molecule has 27 heavy (non-hydrogen) atoms. The van der Waals surface area contributed by atoms with Crippen LogP contribution in [0.15, 0.2) is 18.2 Å². The number of hydrogen-bond donors (Lipinski definition) is 1. The molecule has 1 aromatic rings. The van der Waals surface area contributed by atoms with Crippen molar-refractivity contribution in [1.29, 1.82) is 0 Å². The summed E-state index contributed by atoms with van der Waals surface area (Å²) in [4.78, 5) is 24.3. The molecule has 0 spiro atoms. The first-order valence-electron chi connectivity index (χ1n) is 9.22. The Morgan fingerprint density at radius 3 is 2.19 bits per heavy atom. The topological polar surface area (TPSA) is 82.1 Å². The van der Waals surface area contributed by atoms with Gasteiger partial charge in [0.1, 0.15) is 0 Å². The van der Waals surface area contributed by atoms with Gasteiger partial charge >= 0.3 is 5.97 Å². The molecular formula is C21H30O6. The Morgan fingerprint density at radius 1 is 1.15 bits per heavy atom. The standard InChI is InChI=1S/C21H30O6/c1-6-8-9-15(7-2)13-27-20(23)12-17(14(3)22)16-10-18(25-4)21(24)19(11-16)26-5/h10-12,15,24H,6-9,13H2,1-5H3. The minimum Gasteiger partial charge on any atom is -0.502 e. The van der Waals surface area contributed by atoms with E-state index in [9.17, 15) is 14.7 Å². The number of hydrogen-bond acceptors (Lipinski definition) is 6. The number of phenolic OH excluding ortho intramolecular Hbond substituents is 1. The molecule has 0 amide bonds. The van der Waals surface area contributed by atoms with E-state index in [0.29, 0.717) is 18.1 Å². The van der Waals surface area contributed by atoms with Crippen LogP contribution in [0.3, 0.4) is 0 Å². The summed E-state index contributed by atoms with van der Waals surface area (Å²) in [6.45, 7) is 5.89. The number of Topliss-reactive ketones (excluding diaryl/α,β-unsaturated/α-hetero) is 1. The van der Waals surface area contributed by atoms with Crippen molar-refractivity contribution in [1.82, 2.24) is 0 Å². The maximum absolute atomic E-state index is 12.2. The number of esters is 1. The van der Waals surface area contributed by atoms with Crippen LogP contribution in [0, 0.1) is 5.92 Å². The third-order valence-corrected chi connectivity index (χ3v) is 4.44. The smallest absolute Gasteiger partial charge is 0.331 e. The second-order valence-corrected chi connectivity index (χ2v) is 6.39.